The third-order valence-electron chi connectivity index (χ3n) is 9.26. The molecule has 0 aliphatic carbocycles. The van der Waals surface area contributed by atoms with Crippen LogP contribution in [-0.2, 0) is 0 Å². The topological polar surface area (TPSA) is 69.6 Å². The molecule has 50 heavy (non-hydrogen) atoms. The lowest BCUT2D eigenvalue weighted by atomic mass is 10.1. The number of pyridine rings is 1. The largest absolute Gasteiger partial charge is 0.456 e. The average molecular weight is 642 g/mol. The molecule has 6 heteroatoms. The summed E-state index contributed by atoms with van der Waals surface area (Å²) >= 11 is 0. The second kappa shape index (κ2) is 11.4. The molecule has 0 fully saturated rings. The van der Waals surface area contributed by atoms with Crippen molar-refractivity contribution in [2.75, 3.05) is 0 Å². The Bertz CT molecular complexity index is 2870. The maximum absolute atomic E-state index is 6.23. The van der Waals surface area contributed by atoms with Crippen molar-refractivity contribution in [2.45, 2.75) is 0 Å². The standard InChI is InChI=1S/C44H27N5O/c1-3-12-28(13-4-1)37-25-24-36-33-18-7-9-20-38(33)49(44(36)45-37)32-17-11-16-30(26-32)42-46-41(29-14-5-2-6-15-29)47-43(48-42)31-22-23-35-34-19-8-10-21-39(34)50-40(35)27-31/h1-27H. The Labute approximate surface area is 287 Å². The minimum atomic E-state index is 0.577. The van der Waals surface area contributed by atoms with Crippen molar-refractivity contribution in [3.63, 3.8) is 0 Å². The number of benzene rings is 6. The molecule has 6 aromatic carbocycles. The molecule has 10 aromatic rings. The maximum Gasteiger partial charge on any atom is 0.164 e. The first-order valence-electron chi connectivity index (χ1n) is 16.6. The Hall–Kier alpha value is -6.92. The first-order valence-corrected chi connectivity index (χ1v) is 16.6. The van der Waals surface area contributed by atoms with Crippen LogP contribution < -0.4 is 0 Å². The van der Waals surface area contributed by atoms with Crippen molar-refractivity contribution in [1.82, 2.24) is 24.5 Å². The van der Waals surface area contributed by atoms with E-state index in [-0.39, 0.29) is 0 Å². The van der Waals surface area contributed by atoms with Gasteiger partial charge in [-0.1, -0.05) is 115 Å². The molecular weight excluding hydrogens is 615 g/mol. The minimum absolute atomic E-state index is 0.577. The normalized spacial score (nSPS) is 11.6. The van der Waals surface area contributed by atoms with Gasteiger partial charge in [0.1, 0.15) is 16.8 Å². The number of hydrogen-bond donors (Lipinski definition) is 0. The summed E-state index contributed by atoms with van der Waals surface area (Å²) in [5.74, 6) is 1.76. The number of para-hydroxylation sites is 2. The van der Waals surface area contributed by atoms with E-state index < -0.39 is 0 Å². The van der Waals surface area contributed by atoms with Crippen LogP contribution in [0.3, 0.4) is 0 Å². The summed E-state index contributed by atoms with van der Waals surface area (Å²) in [6.07, 6.45) is 0. The van der Waals surface area contributed by atoms with Gasteiger partial charge in [0.05, 0.1) is 11.2 Å². The zero-order chi connectivity index (χ0) is 33.0. The van der Waals surface area contributed by atoms with Crippen LogP contribution in [0.1, 0.15) is 0 Å². The van der Waals surface area contributed by atoms with Gasteiger partial charge in [0.2, 0.25) is 0 Å². The molecule has 0 spiro atoms. The Morgan fingerprint density at radius 2 is 0.980 bits per heavy atom. The summed E-state index contributed by atoms with van der Waals surface area (Å²) in [5, 5.41) is 4.39. The van der Waals surface area contributed by atoms with Gasteiger partial charge in [-0.15, -0.1) is 0 Å². The molecule has 0 unspecified atom stereocenters. The van der Waals surface area contributed by atoms with E-state index in [1.165, 1.54) is 0 Å². The molecule has 4 aromatic heterocycles. The summed E-state index contributed by atoms with van der Waals surface area (Å²) in [6, 6.07) is 55.7. The smallest absolute Gasteiger partial charge is 0.164 e. The summed E-state index contributed by atoms with van der Waals surface area (Å²) in [7, 11) is 0. The molecule has 0 radical (unpaired) electrons. The Kier molecular flexibility index (Phi) is 6.39. The fraction of sp³-hybridized carbons (Fsp3) is 0. The van der Waals surface area contributed by atoms with Crippen LogP contribution in [0.5, 0.6) is 0 Å². The van der Waals surface area contributed by atoms with Crippen LogP contribution in [0.25, 0.3) is 95.0 Å². The Balaban J connectivity index is 1.15. The fourth-order valence-corrected chi connectivity index (χ4v) is 6.87. The van der Waals surface area contributed by atoms with E-state index in [0.29, 0.717) is 17.5 Å². The summed E-state index contributed by atoms with van der Waals surface area (Å²) in [6.45, 7) is 0. The lowest BCUT2D eigenvalue weighted by Gasteiger charge is -2.11. The molecule has 4 heterocycles. The highest BCUT2D eigenvalue weighted by molar-refractivity contribution is 6.08. The highest BCUT2D eigenvalue weighted by Crippen LogP contribution is 2.35. The quantitative estimate of drug-likeness (QED) is 0.187. The van der Waals surface area contributed by atoms with E-state index in [0.717, 1.165) is 77.5 Å². The Morgan fingerprint density at radius 3 is 1.78 bits per heavy atom. The van der Waals surface area contributed by atoms with Crippen molar-refractivity contribution in [2.24, 2.45) is 0 Å². The zero-order valence-electron chi connectivity index (χ0n) is 26.7. The van der Waals surface area contributed by atoms with E-state index >= 15 is 0 Å². The van der Waals surface area contributed by atoms with Gasteiger partial charge in [0.25, 0.3) is 0 Å². The number of fused-ring (bicyclic) bond motifs is 6. The molecular formula is C44H27N5O. The third-order valence-corrected chi connectivity index (χ3v) is 9.26. The van der Waals surface area contributed by atoms with Crippen molar-refractivity contribution >= 4 is 43.9 Å². The SMILES string of the molecule is c1ccc(-c2ccc3c4ccccc4n(-c4cccc(-c5nc(-c6ccccc6)nc(-c6ccc7c(c6)oc6ccccc67)n5)c4)c3n2)cc1. The molecule has 0 aliphatic rings. The molecule has 234 valence electrons. The van der Waals surface area contributed by atoms with E-state index in [4.69, 9.17) is 24.4 Å². The summed E-state index contributed by atoms with van der Waals surface area (Å²) < 4.78 is 8.46. The van der Waals surface area contributed by atoms with Gasteiger partial charge in [-0.25, -0.2) is 19.9 Å². The first kappa shape index (κ1) is 28.1. The van der Waals surface area contributed by atoms with Gasteiger partial charge in [-0.3, -0.25) is 4.57 Å². The van der Waals surface area contributed by atoms with Crippen molar-refractivity contribution < 1.29 is 4.42 Å². The number of hydrogen-bond acceptors (Lipinski definition) is 5. The number of rotatable bonds is 5. The van der Waals surface area contributed by atoms with Gasteiger partial charge >= 0.3 is 0 Å². The minimum Gasteiger partial charge on any atom is -0.456 e. The van der Waals surface area contributed by atoms with Gasteiger partial charge in [-0.05, 0) is 48.5 Å². The van der Waals surface area contributed by atoms with E-state index in [2.05, 4.69) is 95.6 Å². The highest BCUT2D eigenvalue weighted by Gasteiger charge is 2.18. The molecule has 0 saturated heterocycles. The molecule has 0 bridgehead atoms. The van der Waals surface area contributed by atoms with E-state index in [9.17, 15) is 0 Å². The van der Waals surface area contributed by atoms with Crippen LogP contribution in [0, 0.1) is 0 Å². The van der Waals surface area contributed by atoms with E-state index in [1.54, 1.807) is 0 Å². The van der Waals surface area contributed by atoms with Gasteiger partial charge < -0.3 is 4.42 Å². The average Bonchev–Trinajstić information content (AvgIpc) is 3.73. The molecule has 6 nitrogen and oxygen atoms in total. The predicted octanol–water partition coefficient (Wildman–Crippen LogP) is 10.9. The maximum atomic E-state index is 6.23. The van der Waals surface area contributed by atoms with Crippen LogP contribution >= 0.6 is 0 Å². The fourth-order valence-electron chi connectivity index (χ4n) is 6.87. The second-order valence-electron chi connectivity index (χ2n) is 12.3. The first-order chi connectivity index (χ1) is 24.8. The van der Waals surface area contributed by atoms with Crippen LogP contribution in [0.2, 0.25) is 0 Å². The van der Waals surface area contributed by atoms with E-state index in [1.807, 2.05) is 72.8 Å². The number of nitrogens with zero attached hydrogens (tertiary/aromatic N) is 5. The second-order valence-corrected chi connectivity index (χ2v) is 12.3. The Morgan fingerprint density at radius 1 is 0.380 bits per heavy atom. The van der Waals surface area contributed by atoms with Crippen molar-refractivity contribution in [1.29, 1.82) is 0 Å². The summed E-state index contributed by atoms with van der Waals surface area (Å²) in [5.41, 5.74) is 9.24. The zero-order valence-corrected chi connectivity index (χ0v) is 26.7. The van der Waals surface area contributed by atoms with Crippen molar-refractivity contribution in [3.05, 3.63) is 164 Å². The van der Waals surface area contributed by atoms with Crippen LogP contribution in [-0.4, -0.2) is 24.5 Å². The highest BCUT2D eigenvalue weighted by atomic mass is 16.3. The molecule has 0 atom stereocenters. The molecule has 0 saturated carbocycles. The molecule has 0 aliphatic heterocycles. The van der Waals surface area contributed by atoms with Crippen LogP contribution in [0.15, 0.2) is 168 Å². The lowest BCUT2D eigenvalue weighted by Crippen LogP contribution is -2.01. The van der Waals surface area contributed by atoms with Gasteiger partial charge in [-0.2, -0.15) is 0 Å². The predicted molar refractivity (Wildman–Crippen MR) is 201 cm³/mol. The molecule has 0 amide bonds. The van der Waals surface area contributed by atoms with Gasteiger partial charge in [0, 0.05) is 49.5 Å². The van der Waals surface area contributed by atoms with Crippen molar-refractivity contribution in [3.8, 4) is 51.1 Å². The molecule has 10 rings (SSSR count). The number of aromatic nitrogens is 5. The summed E-state index contributed by atoms with van der Waals surface area (Å²) in [4.78, 5) is 20.3. The molecule has 0 N–H and O–H groups in total. The van der Waals surface area contributed by atoms with Crippen LogP contribution in [0.4, 0.5) is 0 Å². The number of furan rings is 1. The van der Waals surface area contributed by atoms with Gasteiger partial charge in [0.15, 0.2) is 17.5 Å². The monoisotopic (exact) mass is 641 g/mol. The lowest BCUT2D eigenvalue weighted by molar-refractivity contribution is 0.669. The third kappa shape index (κ3) is 4.65.